The van der Waals surface area contributed by atoms with E-state index < -0.39 is 0 Å². The topological polar surface area (TPSA) is 68.5 Å². The number of carbonyl (C=O) groups excluding carboxylic acids is 1. The highest BCUT2D eigenvalue weighted by Crippen LogP contribution is 2.30. The molecule has 2 aromatic carbocycles. The molecule has 0 radical (unpaired) electrons. The van der Waals surface area contributed by atoms with Crippen molar-refractivity contribution in [3.05, 3.63) is 65.8 Å². The second kappa shape index (κ2) is 7.80. The minimum atomic E-state index is -0.348. The highest BCUT2D eigenvalue weighted by molar-refractivity contribution is 5.94. The largest absolute Gasteiger partial charge is 0.497 e. The van der Waals surface area contributed by atoms with E-state index in [-0.39, 0.29) is 17.6 Å². The molecule has 0 N–H and O–H groups in total. The third-order valence-corrected chi connectivity index (χ3v) is 5.00. The molecule has 1 fully saturated rings. The number of carbonyl (C=O) groups is 1. The average molecular weight is 381 g/mol. The van der Waals surface area contributed by atoms with Crippen LogP contribution in [0.3, 0.4) is 0 Å². The Labute approximate surface area is 161 Å². The fraction of sp³-hybridized carbons (Fsp3) is 0.286. The van der Waals surface area contributed by atoms with Crippen LogP contribution >= 0.6 is 0 Å². The molecule has 7 heteroatoms. The lowest BCUT2D eigenvalue weighted by Gasteiger charge is -2.30. The Kier molecular flexibility index (Phi) is 5.06. The van der Waals surface area contributed by atoms with Gasteiger partial charge in [-0.1, -0.05) is 0 Å². The van der Waals surface area contributed by atoms with Crippen LogP contribution in [0.5, 0.6) is 5.75 Å². The summed E-state index contributed by atoms with van der Waals surface area (Å²) in [6, 6.07) is 13.1. The molecule has 0 bridgehead atoms. The van der Waals surface area contributed by atoms with Crippen molar-refractivity contribution in [1.82, 2.24) is 15.1 Å². The molecule has 6 nitrogen and oxygen atoms in total. The number of nitrogens with zero attached hydrogens (tertiary/aromatic N) is 3. The number of hydrogen-bond donors (Lipinski definition) is 0. The zero-order valence-electron chi connectivity index (χ0n) is 15.5. The predicted molar refractivity (Wildman–Crippen MR) is 101 cm³/mol. The van der Waals surface area contributed by atoms with Gasteiger partial charge in [-0.25, -0.2) is 4.39 Å². The lowest BCUT2D eigenvalue weighted by Crippen LogP contribution is -2.38. The summed E-state index contributed by atoms with van der Waals surface area (Å²) in [4.78, 5) is 14.3. The molecular weight excluding hydrogens is 361 g/mol. The van der Waals surface area contributed by atoms with Crippen LogP contribution in [0, 0.1) is 5.82 Å². The van der Waals surface area contributed by atoms with Gasteiger partial charge in [0.05, 0.1) is 7.11 Å². The first-order valence-corrected chi connectivity index (χ1v) is 9.16. The standard InChI is InChI=1S/C21H20FN3O3/c1-27-18-8-4-14(5-9-18)19-23-24-20(28-19)15-10-12-25(13-11-15)21(26)16-2-6-17(22)7-3-16/h2-9,15H,10-13H2,1H3. The van der Waals surface area contributed by atoms with Gasteiger partial charge in [-0.3, -0.25) is 4.79 Å². The molecule has 0 spiro atoms. The lowest BCUT2D eigenvalue weighted by atomic mass is 9.96. The fourth-order valence-corrected chi connectivity index (χ4v) is 3.35. The van der Waals surface area contributed by atoms with Gasteiger partial charge in [-0.05, 0) is 61.4 Å². The summed E-state index contributed by atoms with van der Waals surface area (Å²) in [6.07, 6.45) is 1.49. The van der Waals surface area contributed by atoms with Crippen molar-refractivity contribution in [2.45, 2.75) is 18.8 Å². The molecule has 1 amide bonds. The van der Waals surface area contributed by atoms with Crippen LogP contribution in [0.1, 0.15) is 35.0 Å². The molecule has 0 saturated carbocycles. The van der Waals surface area contributed by atoms with Gasteiger partial charge in [-0.15, -0.1) is 10.2 Å². The van der Waals surface area contributed by atoms with Gasteiger partial charge in [0.25, 0.3) is 5.91 Å². The molecule has 1 saturated heterocycles. The number of benzene rings is 2. The summed E-state index contributed by atoms with van der Waals surface area (Å²) in [5, 5.41) is 8.36. The van der Waals surface area contributed by atoms with E-state index >= 15 is 0 Å². The van der Waals surface area contributed by atoms with Crippen molar-refractivity contribution in [3.8, 4) is 17.2 Å². The van der Waals surface area contributed by atoms with Crippen molar-refractivity contribution in [2.24, 2.45) is 0 Å². The van der Waals surface area contributed by atoms with E-state index in [4.69, 9.17) is 9.15 Å². The third kappa shape index (κ3) is 3.74. The second-order valence-electron chi connectivity index (χ2n) is 6.75. The van der Waals surface area contributed by atoms with Gasteiger partial charge in [0.1, 0.15) is 11.6 Å². The summed E-state index contributed by atoms with van der Waals surface area (Å²) >= 11 is 0. The molecule has 28 heavy (non-hydrogen) atoms. The molecule has 144 valence electrons. The SMILES string of the molecule is COc1ccc(-c2nnc(C3CCN(C(=O)c4ccc(F)cc4)CC3)o2)cc1. The van der Waals surface area contributed by atoms with Crippen molar-refractivity contribution in [2.75, 3.05) is 20.2 Å². The van der Waals surface area contributed by atoms with Gasteiger partial charge in [0.2, 0.25) is 11.8 Å². The molecule has 0 aliphatic carbocycles. The maximum absolute atomic E-state index is 13.0. The minimum Gasteiger partial charge on any atom is -0.497 e. The Morgan fingerprint density at radius 3 is 2.39 bits per heavy atom. The van der Waals surface area contributed by atoms with E-state index in [2.05, 4.69) is 10.2 Å². The smallest absolute Gasteiger partial charge is 0.253 e. The first-order valence-electron chi connectivity index (χ1n) is 9.16. The Hall–Kier alpha value is -3.22. The van der Waals surface area contributed by atoms with Gasteiger partial charge >= 0.3 is 0 Å². The van der Waals surface area contributed by atoms with Gasteiger partial charge in [0, 0.05) is 30.1 Å². The van der Waals surface area contributed by atoms with Crippen LogP contribution in [0.2, 0.25) is 0 Å². The van der Waals surface area contributed by atoms with E-state index in [1.165, 1.54) is 24.3 Å². The Balaban J connectivity index is 1.39. The number of aromatic nitrogens is 2. The summed E-state index contributed by atoms with van der Waals surface area (Å²) < 4.78 is 24.1. The van der Waals surface area contributed by atoms with Crippen LogP contribution in [-0.4, -0.2) is 41.2 Å². The van der Waals surface area contributed by atoms with Crippen LogP contribution < -0.4 is 4.74 Å². The molecule has 4 rings (SSSR count). The van der Waals surface area contributed by atoms with E-state index in [9.17, 15) is 9.18 Å². The molecular formula is C21H20FN3O3. The van der Waals surface area contributed by atoms with Gasteiger partial charge in [-0.2, -0.15) is 0 Å². The number of piperidine rings is 1. The lowest BCUT2D eigenvalue weighted by molar-refractivity contribution is 0.0706. The minimum absolute atomic E-state index is 0.0806. The first kappa shape index (κ1) is 18.2. The fourth-order valence-electron chi connectivity index (χ4n) is 3.35. The zero-order chi connectivity index (χ0) is 19.5. The number of halogens is 1. The number of rotatable bonds is 4. The van der Waals surface area contributed by atoms with E-state index in [1.54, 1.807) is 12.0 Å². The summed E-state index contributed by atoms with van der Waals surface area (Å²) in [5.41, 5.74) is 1.34. The predicted octanol–water partition coefficient (Wildman–Crippen LogP) is 3.90. The molecule has 2 heterocycles. The molecule has 0 atom stereocenters. The quantitative estimate of drug-likeness (QED) is 0.686. The number of likely N-dealkylation sites (tertiary alicyclic amines) is 1. The normalized spacial score (nSPS) is 14.9. The Morgan fingerprint density at radius 2 is 1.75 bits per heavy atom. The van der Waals surface area contributed by atoms with Crippen molar-refractivity contribution >= 4 is 5.91 Å². The van der Waals surface area contributed by atoms with E-state index in [1.807, 2.05) is 24.3 Å². The van der Waals surface area contributed by atoms with Gasteiger partial charge in [0.15, 0.2) is 0 Å². The monoisotopic (exact) mass is 381 g/mol. The summed E-state index contributed by atoms with van der Waals surface area (Å²) in [5.74, 6) is 1.53. The molecule has 1 aliphatic heterocycles. The molecule has 3 aromatic rings. The molecule has 1 aromatic heterocycles. The van der Waals surface area contributed by atoms with Crippen LogP contribution in [0.4, 0.5) is 4.39 Å². The summed E-state index contributed by atoms with van der Waals surface area (Å²) in [6.45, 7) is 1.20. The van der Waals surface area contributed by atoms with Crippen molar-refractivity contribution in [3.63, 3.8) is 0 Å². The van der Waals surface area contributed by atoms with Crippen molar-refractivity contribution in [1.29, 1.82) is 0 Å². The van der Waals surface area contributed by atoms with E-state index in [0.29, 0.717) is 30.4 Å². The number of amides is 1. The third-order valence-electron chi connectivity index (χ3n) is 5.00. The molecule has 1 aliphatic rings. The van der Waals surface area contributed by atoms with E-state index in [0.717, 1.165) is 24.2 Å². The second-order valence-corrected chi connectivity index (χ2v) is 6.75. The number of methoxy groups -OCH3 is 1. The van der Waals surface area contributed by atoms with Crippen LogP contribution in [0.25, 0.3) is 11.5 Å². The van der Waals surface area contributed by atoms with Crippen molar-refractivity contribution < 1.29 is 18.3 Å². The Bertz CT molecular complexity index is 946. The highest BCUT2D eigenvalue weighted by atomic mass is 19.1. The zero-order valence-corrected chi connectivity index (χ0v) is 15.5. The number of hydrogen-bond acceptors (Lipinski definition) is 5. The summed E-state index contributed by atoms with van der Waals surface area (Å²) in [7, 11) is 1.62. The maximum atomic E-state index is 13.0. The Morgan fingerprint density at radius 1 is 1.07 bits per heavy atom. The van der Waals surface area contributed by atoms with Crippen LogP contribution in [-0.2, 0) is 0 Å². The maximum Gasteiger partial charge on any atom is 0.253 e. The average Bonchev–Trinajstić information content (AvgIpc) is 3.24. The highest BCUT2D eigenvalue weighted by Gasteiger charge is 2.28. The first-order chi connectivity index (χ1) is 13.6. The van der Waals surface area contributed by atoms with Crippen LogP contribution in [0.15, 0.2) is 52.9 Å². The molecule has 0 unspecified atom stereocenters. The van der Waals surface area contributed by atoms with Gasteiger partial charge < -0.3 is 14.1 Å². The number of ether oxygens (including phenoxy) is 1.